The van der Waals surface area contributed by atoms with E-state index in [9.17, 15) is 4.39 Å². The van der Waals surface area contributed by atoms with Crippen LogP contribution in [0.3, 0.4) is 0 Å². The predicted molar refractivity (Wildman–Crippen MR) is 108 cm³/mol. The van der Waals surface area contributed by atoms with Gasteiger partial charge in [0, 0.05) is 35.8 Å². The van der Waals surface area contributed by atoms with E-state index in [0.717, 1.165) is 36.9 Å². The minimum absolute atomic E-state index is 0.166. The fraction of sp³-hybridized carbons (Fsp3) is 0.300. The molecule has 0 unspecified atom stereocenters. The van der Waals surface area contributed by atoms with E-state index < -0.39 is 11.9 Å². The summed E-state index contributed by atoms with van der Waals surface area (Å²) in [5.41, 5.74) is 2.36. The molecule has 0 aromatic heterocycles. The molecule has 3 rings (SSSR count). The van der Waals surface area contributed by atoms with Crippen LogP contribution in [0.15, 0.2) is 53.0 Å². The number of aliphatic carboxylic acids is 2. The van der Waals surface area contributed by atoms with E-state index in [-0.39, 0.29) is 5.82 Å². The summed E-state index contributed by atoms with van der Waals surface area (Å²) in [5.74, 6) is -3.81. The van der Waals surface area contributed by atoms with Crippen LogP contribution in [-0.2, 0) is 16.1 Å². The molecule has 28 heavy (non-hydrogen) atoms. The van der Waals surface area contributed by atoms with E-state index in [4.69, 9.17) is 19.8 Å². The number of hydrogen-bond donors (Lipinski definition) is 3. The van der Waals surface area contributed by atoms with Crippen molar-refractivity contribution >= 4 is 33.6 Å². The summed E-state index contributed by atoms with van der Waals surface area (Å²) in [7, 11) is 0. The zero-order chi connectivity index (χ0) is 20.5. The van der Waals surface area contributed by atoms with Crippen LogP contribution in [0, 0.1) is 5.82 Å². The van der Waals surface area contributed by atoms with Crippen LogP contribution >= 0.6 is 15.9 Å². The SMILES string of the molecule is Fc1ccc(CN2CCC(Nc3ccc(Br)cc3)CC2)cc1.O=C(O)C(=O)O. The minimum Gasteiger partial charge on any atom is -0.473 e. The molecular weight excluding hydrogens is 431 g/mol. The fourth-order valence-corrected chi connectivity index (χ4v) is 3.13. The summed E-state index contributed by atoms with van der Waals surface area (Å²) in [4.78, 5) is 20.6. The van der Waals surface area contributed by atoms with Crippen LogP contribution in [0.4, 0.5) is 10.1 Å². The summed E-state index contributed by atoms with van der Waals surface area (Å²) < 4.78 is 14.0. The first-order valence-corrected chi connectivity index (χ1v) is 9.58. The largest absolute Gasteiger partial charge is 0.473 e. The van der Waals surface area contributed by atoms with Gasteiger partial charge in [-0.3, -0.25) is 4.90 Å². The second kappa shape index (κ2) is 10.8. The van der Waals surface area contributed by atoms with Gasteiger partial charge < -0.3 is 15.5 Å². The molecular formula is C20H22BrFN2O4. The Morgan fingerprint density at radius 1 is 1.00 bits per heavy atom. The standard InChI is InChI=1S/C18H20BrFN2.C2H2O4/c19-15-3-7-17(8-4-15)21-18-9-11-22(12-10-18)13-14-1-5-16(20)6-2-14;3-1(4)2(5)6/h1-8,18,21H,9-13H2;(H,3,4)(H,5,6). The van der Waals surface area contributed by atoms with Crippen molar-refractivity contribution in [2.24, 2.45) is 0 Å². The molecule has 1 fully saturated rings. The van der Waals surface area contributed by atoms with Gasteiger partial charge in [-0.25, -0.2) is 14.0 Å². The van der Waals surface area contributed by atoms with Crippen molar-refractivity contribution in [3.8, 4) is 0 Å². The maximum atomic E-state index is 12.9. The topological polar surface area (TPSA) is 89.9 Å². The Bertz CT molecular complexity index is 708. The average Bonchev–Trinajstić information content (AvgIpc) is 2.67. The zero-order valence-electron chi connectivity index (χ0n) is 15.1. The highest BCUT2D eigenvalue weighted by atomic mass is 79.9. The van der Waals surface area contributed by atoms with Crippen molar-refractivity contribution in [3.63, 3.8) is 0 Å². The number of rotatable bonds is 4. The van der Waals surface area contributed by atoms with Crippen LogP contribution in [0.25, 0.3) is 0 Å². The first-order chi connectivity index (χ1) is 13.3. The molecule has 2 aromatic carbocycles. The summed E-state index contributed by atoms with van der Waals surface area (Å²) >= 11 is 3.46. The summed E-state index contributed by atoms with van der Waals surface area (Å²) in [6, 6.07) is 15.7. The fourth-order valence-electron chi connectivity index (χ4n) is 2.87. The summed E-state index contributed by atoms with van der Waals surface area (Å²) in [5, 5.41) is 18.4. The molecule has 1 heterocycles. The third kappa shape index (κ3) is 7.66. The Hall–Kier alpha value is -2.45. The van der Waals surface area contributed by atoms with E-state index in [1.165, 1.54) is 23.4 Å². The molecule has 8 heteroatoms. The molecule has 6 nitrogen and oxygen atoms in total. The molecule has 0 radical (unpaired) electrons. The molecule has 150 valence electrons. The molecule has 0 spiro atoms. The Morgan fingerprint density at radius 3 is 2.04 bits per heavy atom. The van der Waals surface area contributed by atoms with Gasteiger partial charge in [-0.1, -0.05) is 28.1 Å². The van der Waals surface area contributed by atoms with Gasteiger partial charge in [-0.05, 0) is 54.8 Å². The Morgan fingerprint density at radius 2 is 1.54 bits per heavy atom. The Kier molecular flexibility index (Phi) is 8.41. The zero-order valence-corrected chi connectivity index (χ0v) is 16.7. The van der Waals surface area contributed by atoms with E-state index in [1.807, 2.05) is 12.1 Å². The molecule has 0 amide bonds. The van der Waals surface area contributed by atoms with E-state index >= 15 is 0 Å². The number of nitrogens with one attached hydrogen (secondary N) is 1. The van der Waals surface area contributed by atoms with E-state index in [2.05, 4.69) is 50.4 Å². The number of carboxylic acids is 2. The number of carboxylic acid groups (broad SMARTS) is 2. The lowest BCUT2D eigenvalue weighted by molar-refractivity contribution is -0.159. The van der Waals surface area contributed by atoms with Gasteiger partial charge in [0.1, 0.15) is 5.82 Å². The van der Waals surface area contributed by atoms with Gasteiger partial charge >= 0.3 is 11.9 Å². The maximum absolute atomic E-state index is 12.9. The first kappa shape index (κ1) is 21.8. The number of piperidine rings is 1. The number of halogens is 2. The second-order valence-electron chi connectivity index (χ2n) is 6.44. The number of carbonyl (C=O) groups is 2. The van der Waals surface area contributed by atoms with Crippen LogP contribution in [0.5, 0.6) is 0 Å². The van der Waals surface area contributed by atoms with Crippen molar-refractivity contribution in [2.45, 2.75) is 25.4 Å². The molecule has 0 bridgehead atoms. The number of benzene rings is 2. The molecule has 1 aliphatic rings. The van der Waals surface area contributed by atoms with Gasteiger partial charge in [0.2, 0.25) is 0 Å². The van der Waals surface area contributed by atoms with Crippen LogP contribution < -0.4 is 5.32 Å². The lowest BCUT2D eigenvalue weighted by atomic mass is 10.0. The highest BCUT2D eigenvalue weighted by Crippen LogP contribution is 2.20. The van der Waals surface area contributed by atoms with Gasteiger partial charge in [-0.2, -0.15) is 0 Å². The minimum atomic E-state index is -1.82. The van der Waals surface area contributed by atoms with Crippen LogP contribution in [0.1, 0.15) is 18.4 Å². The third-order valence-electron chi connectivity index (χ3n) is 4.30. The van der Waals surface area contributed by atoms with Crippen LogP contribution in [-0.4, -0.2) is 46.2 Å². The van der Waals surface area contributed by atoms with Crippen molar-refractivity contribution in [1.29, 1.82) is 0 Å². The second-order valence-corrected chi connectivity index (χ2v) is 7.35. The van der Waals surface area contributed by atoms with Crippen molar-refractivity contribution < 1.29 is 24.2 Å². The molecule has 3 N–H and O–H groups in total. The van der Waals surface area contributed by atoms with E-state index in [1.54, 1.807) is 0 Å². The number of hydrogen-bond acceptors (Lipinski definition) is 4. The van der Waals surface area contributed by atoms with Gasteiger partial charge in [0.05, 0.1) is 0 Å². The highest BCUT2D eigenvalue weighted by molar-refractivity contribution is 9.10. The highest BCUT2D eigenvalue weighted by Gasteiger charge is 2.19. The smallest absolute Gasteiger partial charge is 0.414 e. The maximum Gasteiger partial charge on any atom is 0.414 e. The molecule has 0 aliphatic carbocycles. The van der Waals surface area contributed by atoms with Gasteiger partial charge in [0.25, 0.3) is 0 Å². The number of nitrogens with zero attached hydrogens (tertiary/aromatic N) is 1. The first-order valence-electron chi connectivity index (χ1n) is 8.78. The van der Waals surface area contributed by atoms with Gasteiger partial charge in [-0.15, -0.1) is 0 Å². The van der Waals surface area contributed by atoms with Crippen molar-refractivity contribution in [1.82, 2.24) is 4.90 Å². The number of anilines is 1. The lowest BCUT2D eigenvalue weighted by Gasteiger charge is -2.33. The lowest BCUT2D eigenvalue weighted by Crippen LogP contribution is -2.38. The normalized spacial score (nSPS) is 14.6. The quantitative estimate of drug-likeness (QED) is 0.610. The van der Waals surface area contributed by atoms with E-state index in [0.29, 0.717) is 6.04 Å². The summed E-state index contributed by atoms with van der Waals surface area (Å²) in [6.07, 6.45) is 2.27. The molecule has 1 aliphatic heterocycles. The van der Waals surface area contributed by atoms with Gasteiger partial charge in [0.15, 0.2) is 0 Å². The Labute approximate surface area is 171 Å². The molecule has 0 saturated carbocycles. The third-order valence-corrected chi connectivity index (χ3v) is 4.83. The predicted octanol–water partition coefficient (Wildman–Crippen LogP) is 3.82. The van der Waals surface area contributed by atoms with Crippen LogP contribution in [0.2, 0.25) is 0 Å². The average molecular weight is 453 g/mol. The Balaban J connectivity index is 0.000000409. The molecule has 0 atom stereocenters. The summed E-state index contributed by atoms with van der Waals surface area (Å²) in [6.45, 7) is 3.06. The number of likely N-dealkylation sites (tertiary alicyclic amines) is 1. The van der Waals surface area contributed by atoms with Crippen molar-refractivity contribution in [3.05, 3.63) is 64.4 Å². The van der Waals surface area contributed by atoms with Crippen molar-refractivity contribution in [2.75, 3.05) is 18.4 Å². The monoisotopic (exact) mass is 452 g/mol. The molecule has 2 aromatic rings. The molecule has 1 saturated heterocycles.